The number of aromatic nitrogens is 3. The van der Waals surface area contributed by atoms with Gasteiger partial charge in [0.15, 0.2) is 0 Å². The zero-order chi connectivity index (χ0) is 29.2. The predicted octanol–water partition coefficient (Wildman–Crippen LogP) is 10.3. The van der Waals surface area contributed by atoms with E-state index in [2.05, 4.69) is 92.9 Å². The summed E-state index contributed by atoms with van der Waals surface area (Å²) in [6, 6.07) is 12.9. The minimum Gasteiger partial charge on any atom is -0.261 e. The van der Waals surface area contributed by atoms with Gasteiger partial charge in [0.25, 0.3) is 0 Å². The highest BCUT2D eigenvalue weighted by Gasteiger charge is 2.29. The Hall–Kier alpha value is -2.55. The lowest BCUT2D eigenvalue weighted by molar-refractivity contribution is 0.390. The van der Waals surface area contributed by atoms with Crippen LogP contribution in [0.25, 0.3) is 0 Å². The molecule has 0 N–H and O–H groups in total. The molecule has 0 saturated heterocycles. The molecular weight excluding hydrogens is 498 g/mol. The number of pyridine rings is 3. The molecule has 3 heteroatoms. The largest absolute Gasteiger partial charge is 0.261 e. The van der Waals surface area contributed by atoms with Crippen molar-refractivity contribution in [2.75, 3.05) is 0 Å². The van der Waals surface area contributed by atoms with E-state index in [1.54, 1.807) is 0 Å². The Morgan fingerprint density at radius 3 is 1.41 bits per heavy atom. The van der Waals surface area contributed by atoms with E-state index in [0.717, 1.165) is 35.5 Å². The highest BCUT2D eigenvalue weighted by molar-refractivity contribution is 5.30. The summed E-state index contributed by atoms with van der Waals surface area (Å²) in [6.07, 6.45) is 19.9. The van der Waals surface area contributed by atoms with E-state index < -0.39 is 0 Å². The molecule has 0 aliphatic heterocycles. The maximum atomic E-state index is 4.56. The van der Waals surface area contributed by atoms with Gasteiger partial charge in [0, 0.05) is 53.4 Å². The Morgan fingerprint density at radius 2 is 1.00 bits per heavy atom. The van der Waals surface area contributed by atoms with Crippen molar-refractivity contribution < 1.29 is 0 Å². The summed E-state index contributed by atoms with van der Waals surface area (Å²) in [5.41, 5.74) is 8.60. The first-order chi connectivity index (χ1) is 20.0. The molecule has 0 fully saturated rings. The molecule has 0 aromatic carbocycles. The van der Waals surface area contributed by atoms with Crippen molar-refractivity contribution in [2.24, 2.45) is 17.8 Å². The van der Waals surface area contributed by atoms with Gasteiger partial charge in [0.2, 0.25) is 0 Å². The minimum absolute atomic E-state index is 0.723. The molecule has 3 nitrogen and oxygen atoms in total. The average molecular weight is 554 g/mol. The topological polar surface area (TPSA) is 38.7 Å². The van der Waals surface area contributed by atoms with Gasteiger partial charge in [0.1, 0.15) is 0 Å². The number of nitrogens with zero attached hydrogens (tertiary/aromatic N) is 3. The summed E-state index contributed by atoms with van der Waals surface area (Å²) in [5, 5.41) is 0. The van der Waals surface area contributed by atoms with Crippen molar-refractivity contribution in [1.82, 2.24) is 15.0 Å². The molecule has 0 radical (unpaired) electrons. The lowest BCUT2D eigenvalue weighted by atomic mass is 9.86. The van der Waals surface area contributed by atoms with Gasteiger partial charge in [-0.25, -0.2) is 0 Å². The van der Waals surface area contributed by atoms with Gasteiger partial charge in [-0.3, -0.25) is 15.0 Å². The summed E-state index contributed by atoms with van der Waals surface area (Å²) < 4.78 is 0. The molecule has 5 atom stereocenters. The van der Waals surface area contributed by atoms with E-state index in [4.69, 9.17) is 0 Å². The van der Waals surface area contributed by atoms with Gasteiger partial charge in [-0.15, -0.1) is 0 Å². The molecule has 0 amide bonds. The Balaban J connectivity index is 0.000000142. The van der Waals surface area contributed by atoms with Crippen LogP contribution >= 0.6 is 0 Å². The molecule has 5 unspecified atom stereocenters. The fraction of sp³-hybridized carbons (Fsp3) is 0.605. The van der Waals surface area contributed by atoms with Gasteiger partial charge in [-0.1, -0.05) is 91.8 Å². The summed E-state index contributed by atoms with van der Waals surface area (Å²) in [5.74, 6) is 4.62. The Labute approximate surface area is 251 Å². The quantitative estimate of drug-likeness (QED) is 0.278. The molecule has 41 heavy (non-hydrogen) atoms. The maximum Gasteiger partial charge on any atom is 0.0469 e. The van der Waals surface area contributed by atoms with Crippen LogP contribution in [0.15, 0.2) is 55.0 Å². The van der Waals surface area contributed by atoms with Crippen LogP contribution in [0, 0.1) is 17.8 Å². The van der Waals surface area contributed by atoms with Crippen LogP contribution in [-0.4, -0.2) is 15.0 Å². The first-order valence-corrected chi connectivity index (χ1v) is 16.8. The van der Waals surface area contributed by atoms with Gasteiger partial charge in [-0.2, -0.15) is 0 Å². The van der Waals surface area contributed by atoms with Gasteiger partial charge in [-0.05, 0) is 91.2 Å². The second-order valence-corrected chi connectivity index (χ2v) is 12.8. The van der Waals surface area contributed by atoms with Crippen molar-refractivity contribution in [2.45, 2.75) is 130 Å². The van der Waals surface area contributed by atoms with E-state index in [0.29, 0.717) is 0 Å². The molecule has 6 rings (SSSR count). The number of fused-ring (bicyclic) bond motifs is 3. The van der Waals surface area contributed by atoms with E-state index in [-0.39, 0.29) is 0 Å². The lowest BCUT2D eigenvalue weighted by Gasteiger charge is -2.20. The van der Waals surface area contributed by atoms with Crippen molar-refractivity contribution in [1.29, 1.82) is 0 Å². The van der Waals surface area contributed by atoms with Crippen LogP contribution in [0.2, 0.25) is 0 Å². The molecule has 3 aliphatic rings. The standard InChI is InChI=1S/2C13H19N.C12H17N/c1-3-5-10(2)12-8-7-11-6-4-9-14-13(11)12;1-3-10(4-2)12-8-7-11-6-5-9-14-13(11)12;1-3-9(2)11-7-6-10-5-4-8-13-12(10)11/h4,6,9-10,12H,3,5,7-8H2,1-2H3;5-6,9-10,12H,3-4,7-8H2,1-2H3;4-5,8-9,11H,3,6-7H2,1-2H3. The third kappa shape index (κ3) is 7.65. The van der Waals surface area contributed by atoms with Crippen LogP contribution in [0.5, 0.6) is 0 Å². The summed E-state index contributed by atoms with van der Waals surface area (Å²) in [6.45, 7) is 13.9. The van der Waals surface area contributed by atoms with Crippen LogP contribution in [0.4, 0.5) is 0 Å². The van der Waals surface area contributed by atoms with E-state index in [9.17, 15) is 0 Å². The van der Waals surface area contributed by atoms with Crippen molar-refractivity contribution in [3.05, 3.63) is 88.8 Å². The normalized spacial score (nSPS) is 21.6. The second kappa shape index (κ2) is 15.6. The Bertz CT molecular complexity index is 1200. The molecule has 3 heterocycles. The molecule has 222 valence electrons. The molecule has 0 saturated carbocycles. The van der Waals surface area contributed by atoms with Crippen LogP contribution in [-0.2, 0) is 19.3 Å². The monoisotopic (exact) mass is 553 g/mol. The Morgan fingerprint density at radius 1 is 0.585 bits per heavy atom. The number of aryl methyl sites for hydroxylation is 3. The highest BCUT2D eigenvalue weighted by Crippen LogP contribution is 2.40. The fourth-order valence-corrected chi connectivity index (χ4v) is 7.70. The fourth-order valence-electron chi connectivity index (χ4n) is 7.70. The summed E-state index contributed by atoms with van der Waals surface area (Å²) in [4.78, 5) is 13.6. The third-order valence-corrected chi connectivity index (χ3v) is 10.4. The van der Waals surface area contributed by atoms with Crippen LogP contribution in [0.1, 0.15) is 144 Å². The predicted molar refractivity (Wildman–Crippen MR) is 173 cm³/mol. The first-order valence-electron chi connectivity index (χ1n) is 16.8. The molecule has 3 aromatic rings. The molecule has 3 aliphatic carbocycles. The van der Waals surface area contributed by atoms with Crippen LogP contribution < -0.4 is 0 Å². The average Bonchev–Trinajstić information content (AvgIpc) is 3.75. The first kappa shape index (κ1) is 31.4. The SMILES string of the molecule is CCC(C)C1CCc2cccnc21.CCC(CC)C1CCc2cccnc21.CCCC(C)C1CCc2cccnc21. The lowest BCUT2D eigenvalue weighted by Crippen LogP contribution is -2.09. The zero-order valence-corrected chi connectivity index (χ0v) is 26.8. The smallest absolute Gasteiger partial charge is 0.0469 e. The van der Waals surface area contributed by atoms with Crippen molar-refractivity contribution in [3.63, 3.8) is 0 Å². The van der Waals surface area contributed by atoms with Gasteiger partial charge >= 0.3 is 0 Å². The van der Waals surface area contributed by atoms with Gasteiger partial charge in [0.05, 0.1) is 0 Å². The Kier molecular flexibility index (Phi) is 12.0. The van der Waals surface area contributed by atoms with Crippen molar-refractivity contribution in [3.8, 4) is 0 Å². The van der Waals surface area contributed by atoms with E-state index >= 15 is 0 Å². The molecule has 0 spiro atoms. The summed E-state index contributed by atoms with van der Waals surface area (Å²) >= 11 is 0. The molecular formula is C38H55N3. The van der Waals surface area contributed by atoms with Crippen LogP contribution in [0.3, 0.4) is 0 Å². The molecule has 0 bridgehead atoms. The molecule has 3 aromatic heterocycles. The minimum atomic E-state index is 0.723. The second-order valence-electron chi connectivity index (χ2n) is 12.8. The number of rotatable bonds is 8. The highest BCUT2D eigenvalue weighted by atomic mass is 14.7. The van der Waals surface area contributed by atoms with E-state index in [1.807, 2.05) is 18.6 Å². The van der Waals surface area contributed by atoms with E-state index in [1.165, 1.54) is 104 Å². The maximum absolute atomic E-state index is 4.56. The van der Waals surface area contributed by atoms with Gasteiger partial charge < -0.3 is 0 Å². The third-order valence-electron chi connectivity index (χ3n) is 10.4. The number of hydrogen-bond acceptors (Lipinski definition) is 3. The number of hydrogen-bond donors (Lipinski definition) is 0. The summed E-state index contributed by atoms with van der Waals surface area (Å²) in [7, 11) is 0. The van der Waals surface area contributed by atoms with Crippen molar-refractivity contribution >= 4 is 0 Å². The zero-order valence-electron chi connectivity index (χ0n) is 26.8.